The van der Waals surface area contributed by atoms with E-state index in [4.69, 9.17) is 0 Å². The van der Waals surface area contributed by atoms with Crippen molar-refractivity contribution in [2.24, 2.45) is 50.2 Å². The largest absolute Gasteiger partial charge is 0.481 e. The van der Waals surface area contributed by atoms with Gasteiger partial charge in [0.15, 0.2) is 0 Å². The predicted octanol–water partition coefficient (Wildman–Crippen LogP) is 3.12. The van der Waals surface area contributed by atoms with Gasteiger partial charge in [0.2, 0.25) is 0 Å². The highest BCUT2D eigenvalue weighted by Gasteiger charge is 2.72. The molecule has 0 unspecified atom stereocenters. The van der Waals surface area contributed by atoms with Crippen LogP contribution in [0.25, 0.3) is 0 Å². The minimum atomic E-state index is -1.19. The molecule has 7 nitrogen and oxygen atoms in total. The monoisotopic (exact) mass is 520 g/mol. The number of aliphatic carboxylic acids is 1. The second-order valence-electron chi connectivity index (χ2n) is 15.0. The summed E-state index contributed by atoms with van der Waals surface area (Å²) in [5.74, 6) is -1.18. The third kappa shape index (κ3) is 3.21. The Balaban J connectivity index is 1.64. The van der Waals surface area contributed by atoms with Gasteiger partial charge in [-0.15, -0.1) is 0 Å². The molecule has 6 N–H and O–H groups in total. The standard InChI is InChI=1S/C30H48O7/c1-25(2)10-11-30(24(36)37)18(12-25)17-6-7-20-26(3)13-19(33)23(35)29(15-31,16-32)21(26)8-9-27(20,4)28(17,5)14-22(30)34/h6,18-23,31-35H,7-16H2,1-5H3,(H,36,37)/t18-,19-,20+,21+,22+,23-,26+,27+,28+,30+/m1/s1. The van der Waals surface area contributed by atoms with Crippen LogP contribution in [0.15, 0.2) is 11.6 Å². The molecule has 0 aromatic heterocycles. The van der Waals surface area contributed by atoms with Crippen LogP contribution < -0.4 is 0 Å². The molecule has 0 aromatic carbocycles. The Bertz CT molecular complexity index is 986. The van der Waals surface area contributed by atoms with E-state index in [9.17, 15) is 35.4 Å². The Labute approximate surface area is 221 Å². The van der Waals surface area contributed by atoms with Crippen molar-refractivity contribution >= 4 is 5.97 Å². The van der Waals surface area contributed by atoms with Crippen molar-refractivity contribution in [3.8, 4) is 0 Å². The van der Waals surface area contributed by atoms with E-state index < -0.39 is 45.9 Å². The minimum Gasteiger partial charge on any atom is -0.481 e. The fourth-order valence-electron chi connectivity index (χ4n) is 10.9. The number of aliphatic hydroxyl groups is 5. The highest BCUT2D eigenvalue weighted by molar-refractivity contribution is 5.77. The summed E-state index contributed by atoms with van der Waals surface area (Å²) < 4.78 is 0. The summed E-state index contributed by atoms with van der Waals surface area (Å²) in [6.07, 6.45) is 4.08. The Morgan fingerprint density at radius 2 is 1.57 bits per heavy atom. The fourth-order valence-corrected chi connectivity index (χ4v) is 10.9. The molecular weight excluding hydrogens is 472 g/mol. The van der Waals surface area contributed by atoms with E-state index in [0.717, 1.165) is 25.7 Å². The van der Waals surface area contributed by atoms with Crippen LogP contribution in [0, 0.1) is 50.2 Å². The Morgan fingerprint density at radius 3 is 2.16 bits per heavy atom. The highest BCUT2D eigenvalue weighted by Crippen LogP contribution is 2.75. The van der Waals surface area contributed by atoms with Gasteiger partial charge in [-0.2, -0.15) is 0 Å². The Morgan fingerprint density at radius 1 is 0.919 bits per heavy atom. The van der Waals surface area contributed by atoms with Gasteiger partial charge in [0.25, 0.3) is 0 Å². The second kappa shape index (κ2) is 8.26. The maximum absolute atomic E-state index is 12.8. The summed E-state index contributed by atoms with van der Waals surface area (Å²) in [7, 11) is 0. The zero-order valence-corrected chi connectivity index (χ0v) is 23.2. The van der Waals surface area contributed by atoms with Gasteiger partial charge in [-0.05, 0) is 90.8 Å². The van der Waals surface area contributed by atoms with Gasteiger partial charge in [-0.25, -0.2) is 0 Å². The fraction of sp³-hybridized carbons (Fsp3) is 0.900. The summed E-state index contributed by atoms with van der Waals surface area (Å²) in [6, 6.07) is 0. The summed E-state index contributed by atoms with van der Waals surface area (Å²) in [5.41, 5.74) is -2.26. The molecule has 7 heteroatoms. The quantitative estimate of drug-likeness (QED) is 0.314. The minimum absolute atomic E-state index is 0.00467. The van der Waals surface area contributed by atoms with Crippen LogP contribution in [-0.2, 0) is 4.79 Å². The molecule has 5 aliphatic carbocycles. The van der Waals surface area contributed by atoms with E-state index in [2.05, 4.69) is 40.7 Å². The molecule has 5 rings (SSSR count). The van der Waals surface area contributed by atoms with Crippen molar-refractivity contribution in [1.29, 1.82) is 0 Å². The van der Waals surface area contributed by atoms with Gasteiger partial charge >= 0.3 is 5.97 Å². The normalized spacial score (nSPS) is 52.1. The average Bonchev–Trinajstić information content (AvgIpc) is 2.80. The third-order valence-electron chi connectivity index (χ3n) is 13.2. The van der Waals surface area contributed by atoms with Crippen molar-refractivity contribution < 1.29 is 35.4 Å². The molecule has 0 heterocycles. The van der Waals surface area contributed by atoms with Crippen LogP contribution in [0.5, 0.6) is 0 Å². The lowest BCUT2D eigenvalue weighted by atomic mass is 9.33. The molecule has 4 fully saturated rings. The molecule has 210 valence electrons. The van der Waals surface area contributed by atoms with Crippen molar-refractivity contribution in [2.75, 3.05) is 13.2 Å². The molecule has 0 aromatic rings. The maximum Gasteiger partial charge on any atom is 0.312 e. The first kappa shape index (κ1) is 27.6. The molecule has 0 aliphatic heterocycles. The zero-order chi connectivity index (χ0) is 27.4. The topological polar surface area (TPSA) is 138 Å². The van der Waals surface area contributed by atoms with Crippen LogP contribution in [0.3, 0.4) is 0 Å². The molecule has 5 aliphatic rings. The van der Waals surface area contributed by atoms with Gasteiger partial charge in [0.05, 0.1) is 31.5 Å². The molecule has 10 atom stereocenters. The van der Waals surface area contributed by atoms with Gasteiger partial charge < -0.3 is 30.6 Å². The van der Waals surface area contributed by atoms with E-state index in [1.807, 2.05) is 0 Å². The lowest BCUT2D eigenvalue weighted by Gasteiger charge is -2.72. The van der Waals surface area contributed by atoms with Crippen molar-refractivity contribution in [2.45, 2.75) is 104 Å². The smallest absolute Gasteiger partial charge is 0.312 e. The van der Waals surface area contributed by atoms with Crippen molar-refractivity contribution in [1.82, 2.24) is 0 Å². The lowest BCUT2D eigenvalue weighted by Crippen LogP contribution is -2.70. The Hall–Kier alpha value is -0.990. The third-order valence-corrected chi connectivity index (χ3v) is 13.2. The van der Waals surface area contributed by atoms with Crippen LogP contribution in [-0.4, -0.2) is 68.1 Å². The molecule has 0 saturated heterocycles. The summed E-state index contributed by atoms with van der Waals surface area (Å²) in [6.45, 7) is 10.3. The van der Waals surface area contributed by atoms with E-state index in [0.29, 0.717) is 25.7 Å². The molecule has 37 heavy (non-hydrogen) atoms. The molecule has 0 bridgehead atoms. The number of allylic oxidation sites excluding steroid dienone is 2. The van der Waals surface area contributed by atoms with Crippen molar-refractivity contribution in [3.05, 3.63) is 11.6 Å². The maximum atomic E-state index is 12.8. The average molecular weight is 521 g/mol. The molecular formula is C30H48O7. The first-order chi connectivity index (χ1) is 17.1. The number of aliphatic hydroxyl groups excluding tert-OH is 5. The van der Waals surface area contributed by atoms with Crippen LogP contribution in [0.4, 0.5) is 0 Å². The SMILES string of the molecule is CC1(C)CC[C@]2(C(=O)O)[C@H](C1)C1=CC[C@H]3[C@]4(C)C[C@@H](O)[C@@H](O)C(CO)(CO)[C@H]4CC[C@]3(C)[C@@]1(C)C[C@@H]2O. The summed E-state index contributed by atoms with van der Waals surface area (Å²) in [4.78, 5) is 12.8. The van der Waals surface area contributed by atoms with E-state index in [1.54, 1.807) is 0 Å². The van der Waals surface area contributed by atoms with Gasteiger partial charge in [0.1, 0.15) is 5.41 Å². The van der Waals surface area contributed by atoms with Crippen LogP contribution >= 0.6 is 0 Å². The summed E-state index contributed by atoms with van der Waals surface area (Å²) in [5, 5.41) is 65.1. The molecule has 4 saturated carbocycles. The van der Waals surface area contributed by atoms with Crippen LogP contribution in [0.1, 0.15) is 86.0 Å². The zero-order valence-electron chi connectivity index (χ0n) is 23.2. The van der Waals surface area contributed by atoms with Gasteiger partial charge in [0, 0.05) is 5.41 Å². The number of hydrogen-bond donors (Lipinski definition) is 6. The van der Waals surface area contributed by atoms with Crippen molar-refractivity contribution in [3.63, 3.8) is 0 Å². The molecule has 0 spiro atoms. The number of carboxylic acid groups (broad SMARTS) is 1. The van der Waals surface area contributed by atoms with Crippen LogP contribution in [0.2, 0.25) is 0 Å². The predicted molar refractivity (Wildman–Crippen MR) is 138 cm³/mol. The number of carboxylic acids is 1. The summed E-state index contributed by atoms with van der Waals surface area (Å²) >= 11 is 0. The molecule has 0 amide bonds. The lowest BCUT2D eigenvalue weighted by molar-refractivity contribution is -0.260. The number of fused-ring (bicyclic) bond motifs is 7. The second-order valence-corrected chi connectivity index (χ2v) is 15.0. The first-order valence-electron chi connectivity index (χ1n) is 14.3. The van der Waals surface area contributed by atoms with Gasteiger partial charge in [-0.1, -0.05) is 46.3 Å². The van der Waals surface area contributed by atoms with E-state index in [1.165, 1.54) is 5.57 Å². The Kier molecular flexibility index (Phi) is 6.16. The van der Waals surface area contributed by atoms with E-state index >= 15 is 0 Å². The number of carbonyl (C=O) groups is 1. The first-order valence-corrected chi connectivity index (χ1v) is 14.3. The number of hydrogen-bond acceptors (Lipinski definition) is 6. The molecule has 0 radical (unpaired) electrons. The number of rotatable bonds is 3. The van der Waals surface area contributed by atoms with E-state index in [-0.39, 0.29) is 41.8 Å². The highest BCUT2D eigenvalue weighted by atomic mass is 16.4. The van der Waals surface area contributed by atoms with Gasteiger partial charge in [-0.3, -0.25) is 4.79 Å².